The van der Waals surface area contributed by atoms with Crippen molar-refractivity contribution in [2.45, 2.75) is 37.8 Å². The molecule has 3 rings (SSSR count). The van der Waals surface area contributed by atoms with E-state index in [1.807, 2.05) is 11.0 Å². The monoisotopic (exact) mass is 287 g/mol. The van der Waals surface area contributed by atoms with Gasteiger partial charge in [0, 0.05) is 19.1 Å². The Bertz CT molecular complexity index is 472. The van der Waals surface area contributed by atoms with Gasteiger partial charge in [0.1, 0.15) is 0 Å². The molecule has 21 heavy (non-hydrogen) atoms. The Morgan fingerprint density at radius 3 is 2.76 bits per heavy atom. The van der Waals surface area contributed by atoms with Gasteiger partial charge in [-0.05, 0) is 38.3 Å². The molecule has 1 saturated heterocycles. The van der Waals surface area contributed by atoms with Gasteiger partial charge in [-0.25, -0.2) is 0 Å². The minimum Gasteiger partial charge on any atom is -0.327 e. The molecular weight excluding hydrogens is 262 g/mol. The first-order valence-electron chi connectivity index (χ1n) is 8.00. The van der Waals surface area contributed by atoms with E-state index in [-0.39, 0.29) is 11.9 Å². The molecule has 4 heteroatoms. The molecule has 4 nitrogen and oxygen atoms in total. The lowest BCUT2D eigenvalue weighted by Gasteiger charge is -2.21. The van der Waals surface area contributed by atoms with Gasteiger partial charge in [-0.1, -0.05) is 30.3 Å². The molecule has 114 valence electrons. The van der Waals surface area contributed by atoms with Gasteiger partial charge in [-0.3, -0.25) is 10.1 Å². The quantitative estimate of drug-likeness (QED) is 0.825. The van der Waals surface area contributed by atoms with Crippen LogP contribution in [0.5, 0.6) is 0 Å². The van der Waals surface area contributed by atoms with Crippen LogP contribution < -0.4 is 5.32 Å². The smallest absolute Gasteiger partial charge is 0.240 e. The van der Waals surface area contributed by atoms with Crippen LogP contribution in [0, 0.1) is 0 Å². The molecular formula is C17H25N3O. The molecule has 2 fully saturated rings. The number of nitrogens with one attached hydrogen (secondary N) is 1. The largest absolute Gasteiger partial charge is 0.327 e. The van der Waals surface area contributed by atoms with E-state index in [1.54, 1.807) is 0 Å². The summed E-state index contributed by atoms with van der Waals surface area (Å²) >= 11 is 0. The maximum absolute atomic E-state index is 12.4. The number of hydrogen-bond donors (Lipinski definition) is 1. The van der Waals surface area contributed by atoms with Crippen molar-refractivity contribution >= 4 is 5.91 Å². The highest BCUT2D eigenvalue weighted by molar-refractivity contribution is 5.83. The summed E-state index contributed by atoms with van der Waals surface area (Å²) in [5.41, 5.74) is 1.30. The first kappa shape index (κ1) is 14.5. The fourth-order valence-corrected chi connectivity index (χ4v) is 2.95. The van der Waals surface area contributed by atoms with Crippen molar-refractivity contribution in [2.75, 3.05) is 26.8 Å². The van der Waals surface area contributed by atoms with Gasteiger partial charge >= 0.3 is 0 Å². The Balaban J connectivity index is 1.42. The van der Waals surface area contributed by atoms with Crippen LogP contribution in [0.3, 0.4) is 0 Å². The van der Waals surface area contributed by atoms with Crippen molar-refractivity contribution in [2.24, 2.45) is 0 Å². The third-order valence-corrected chi connectivity index (χ3v) is 4.60. The zero-order valence-corrected chi connectivity index (χ0v) is 12.8. The molecule has 1 aromatic rings. The molecule has 1 aromatic carbocycles. The number of amides is 1. The Labute approximate surface area is 127 Å². The number of carbonyl (C=O) groups is 1. The van der Waals surface area contributed by atoms with Crippen molar-refractivity contribution in [3.63, 3.8) is 0 Å². The van der Waals surface area contributed by atoms with Gasteiger partial charge in [-0.15, -0.1) is 0 Å². The molecule has 0 aromatic heterocycles. The molecule has 1 atom stereocenters. The van der Waals surface area contributed by atoms with Crippen LogP contribution in [0.1, 0.15) is 24.8 Å². The molecule has 0 bridgehead atoms. The second kappa shape index (κ2) is 6.58. The molecule has 1 aliphatic heterocycles. The summed E-state index contributed by atoms with van der Waals surface area (Å²) < 4.78 is 0. The van der Waals surface area contributed by atoms with Gasteiger partial charge in [0.05, 0.1) is 12.7 Å². The summed E-state index contributed by atoms with van der Waals surface area (Å²) in [4.78, 5) is 16.7. The van der Waals surface area contributed by atoms with Crippen LogP contribution in [0.25, 0.3) is 0 Å². The molecule has 1 amide bonds. The second-order valence-corrected chi connectivity index (χ2v) is 6.25. The lowest BCUT2D eigenvalue weighted by molar-refractivity contribution is -0.129. The van der Waals surface area contributed by atoms with Gasteiger partial charge < -0.3 is 9.80 Å². The highest BCUT2D eigenvalue weighted by atomic mass is 16.2. The summed E-state index contributed by atoms with van der Waals surface area (Å²) in [5.74, 6) is 0.273. The Hall–Kier alpha value is -1.39. The molecule has 1 N–H and O–H groups in total. The number of likely N-dealkylation sites (N-methyl/N-ethyl adjacent to an activating group) is 1. The highest BCUT2D eigenvalue weighted by Gasteiger charge is 2.31. The van der Waals surface area contributed by atoms with Gasteiger partial charge in [0.25, 0.3) is 0 Å². The maximum Gasteiger partial charge on any atom is 0.240 e. The second-order valence-electron chi connectivity index (χ2n) is 6.25. The van der Waals surface area contributed by atoms with Crippen LogP contribution in [0.15, 0.2) is 30.3 Å². The van der Waals surface area contributed by atoms with E-state index < -0.39 is 0 Å². The predicted molar refractivity (Wildman–Crippen MR) is 83.9 cm³/mol. The van der Waals surface area contributed by atoms with Crippen LogP contribution in [-0.2, 0) is 11.2 Å². The van der Waals surface area contributed by atoms with Crippen LogP contribution in [0.2, 0.25) is 0 Å². The van der Waals surface area contributed by atoms with Crippen molar-refractivity contribution in [1.29, 1.82) is 0 Å². The fraction of sp³-hybridized carbons (Fsp3) is 0.588. The van der Waals surface area contributed by atoms with Crippen LogP contribution in [-0.4, -0.2) is 54.6 Å². The summed E-state index contributed by atoms with van der Waals surface area (Å²) in [6.45, 7) is 2.54. The van der Waals surface area contributed by atoms with E-state index in [9.17, 15) is 4.79 Å². The number of nitrogens with zero attached hydrogens (tertiary/aromatic N) is 2. The van der Waals surface area contributed by atoms with Crippen LogP contribution >= 0.6 is 0 Å². The van der Waals surface area contributed by atoms with Crippen molar-refractivity contribution in [1.82, 2.24) is 15.1 Å². The SMILES string of the molecule is CN(CCN1CNC(CCc2ccccc2)C1=O)C1CC1. The van der Waals surface area contributed by atoms with E-state index in [1.165, 1.54) is 18.4 Å². The average molecular weight is 287 g/mol. The van der Waals surface area contributed by atoms with Gasteiger partial charge in [0.2, 0.25) is 5.91 Å². The number of carbonyl (C=O) groups excluding carboxylic acids is 1. The maximum atomic E-state index is 12.4. The Morgan fingerprint density at radius 2 is 2.05 bits per heavy atom. The third-order valence-electron chi connectivity index (χ3n) is 4.60. The van der Waals surface area contributed by atoms with Crippen molar-refractivity contribution in [3.8, 4) is 0 Å². The zero-order chi connectivity index (χ0) is 14.7. The third kappa shape index (κ3) is 3.83. The summed E-state index contributed by atoms with van der Waals surface area (Å²) in [6, 6.07) is 11.2. The first-order chi connectivity index (χ1) is 10.2. The van der Waals surface area contributed by atoms with E-state index in [4.69, 9.17) is 0 Å². The van der Waals surface area contributed by atoms with Crippen LogP contribution in [0.4, 0.5) is 0 Å². The normalized spacial score (nSPS) is 22.3. The lowest BCUT2D eigenvalue weighted by atomic mass is 10.1. The number of hydrogen-bond acceptors (Lipinski definition) is 3. The molecule has 0 spiro atoms. The topological polar surface area (TPSA) is 35.6 Å². The molecule has 1 saturated carbocycles. The molecule has 1 aliphatic carbocycles. The summed E-state index contributed by atoms with van der Waals surface area (Å²) in [6.07, 6.45) is 4.49. The summed E-state index contributed by atoms with van der Waals surface area (Å²) in [5, 5.41) is 3.35. The predicted octanol–water partition coefficient (Wildman–Crippen LogP) is 1.47. The van der Waals surface area contributed by atoms with E-state index in [0.29, 0.717) is 6.67 Å². The van der Waals surface area contributed by atoms with Gasteiger partial charge in [-0.2, -0.15) is 0 Å². The van der Waals surface area contributed by atoms with Crippen molar-refractivity contribution < 1.29 is 4.79 Å². The van der Waals surface area contributed by atoms with Gasteiger partial charge in [0.15, 0.2) is 0 Å². The lowest BCUT2D eigenvalue weighted by Crippen LogP contribution is -2.37. The number of benzene rings is 1. The Morgan fingerprint density at radius 1 is 1.29 bits per heavy atom. The minimum absolute atomic E-state index is 0.00330. The molecule has 2 aliphatic rings. The highest BCUT2D eigenvalue weighted by Crippen LogP contribution is 2.25. The first-order valence-corrected chi connectivity index (χ1v) is 8.00. The average Bonchev–Trinajstić information content (AvgIpc) is 3.30. The molecule has 1 unspecified atom stereocenters. The van der Waals surface area contributed by atoms with E-state index in [0.717, 1.165) is 32.0 Å². The standard InChI is InChI=1S/C17H25N3O/c1-19(15-8-9-15)11-12-20-13-18-16(17(20)21)10-7-14-5-3-2-4-6-14/h2-6,15-16,18H,7-13H2,1H3. The fourth-order valence-electron chi connectivity index (χ4n) is 2.95. The minimum atomic E-state index is -0.00330. The molecule has 0 radical (unpaired) electrons. The van der Waals surface area contributed by atoms with E-state index in [2.05, 4.69) is 41.5 Å². The zero-order valence-electron chi connectivity index (χ0n) is 12.8. The molecule has 1 heterocycles. The summed E-state index contributed by atoms with van der Waals surface area (Å²) in [7, 11) is 2.17. The van der Waals surface area contributed by atoms with Crippen molar-refractivity contribution in [3.05, 3.63) is 35.9 Å². The van der Waals surface area contributed by atoms with E-state index >= 15 is 0 Å². The number of rotatable bonds is 7. The number of aryl methyl sites for hydroxylation is 1. The Kier molecular flexibility index (Phi) is 4.56.